The van der Waals surface area contributed by atoms with Crippen molar-refractivity contribution in [1.82, 2.24) is 0 Å². The van der Waals surface area contributed by atoms with Crippen molar-refractivity contribution in [3.63, 3.8) is 0 Å². The maximum Gasteiger partial charge on any atom is 0.328 e. The van der Waals surface area contributed by atoms with Crippen LogP contribution in [0.5, 0.6) is 5.75 Å². The molecule has 0 aliphatic rings. The SMILES string of the molecule is C/C(=C\C(=O)O)c1cc(C)cc(C)c1O. The van der Waals surface area contributed by atoms with Crippen LogP contribution < -0.4 is 0 Å². The molecule has 0 radical (unpaired) electrons. The zero-order valence-corrected chi connectivity index (χ0v) is 9.03. The van der Waals surface area contributed by atoms with Crippen molar-refractivity contribution in [2.24, 2.45) is 0 Å². The normalized spacial score (nSPS) is 11.5. The maximum absolute atomic E-state index is 10.5. The largest absolute Gasteiger partial charge is 0.507 e. The van der Waals surface area contributed by atoms with E-state index < -0.39 is 5.97 Å². The molecule has 0 fully saturated rings. The van der Waals surface area contributed by atoms with Gasteiger partial charge in [0.1, 0.15) is 5.75 Å². The summed E-state index contributed by atoms with van der Waals surface area (Å²) in [5, 5.41) is 18.4. The van der Waals surface area contributed by atoms with Gasteiger partial charge >= 0.3 is 5.97 Å². The molecule has 0 saturated carbocycles. The Kier molecular flexibility index (Phi) is 3.14. The third kappa shape index (κ3) is 2.59. The summed E-state index contributed by atoms with van der Waals surface area (Å²) in [4.78, 5) is 10.5. The van der Waals surface area contributed by atoms with Crippen molar-refractivity contribution in [1.29, 1.82) is 0 Å². The first-order valence-corrected chi connectivity index (χ1v) is 4.63. The van der Waals surface area contributed by atoms with Gasteiger partial charge < -0.3 is 10.2 Å². The molecule has 3 heteroatoms. The lowest BCUT2D eigenvalue weighted by Gasteiger charge is -2.08. The van der Waals surface area contributed by atoms with Gasteiger partial charge in [-0.1, -0.05) is 6.07 Å². The quantitative estimate of drug-likeness (QED) is 0.731. The number of hydrogen-bond donors (Lipinski definition) is 2. The van der Waals surface area contributed by atoms with Crippen LogP contribution in [-0.4, -0.2) is 16.2 Å². The molecule has 3 nitrogen and oxygen atoms in total. The molecule has 0 atom stereocenters. The number of aryl methyl sites for hydroxylation is 2. The third-order valence-electron chi connectivity index (χ3n) is 2.21. The molecule has 0 bridgehead atoms. The van der Waals surface area contributed by atoms with Crippen LogP contribution in [0, 0.1) is 13.8 Å². The maximum atomic E-state index is 10.5. The van der Waals surface area contributed by atoms with Gasteiger partial charge in [-0.05, 0) is 43.5 Å². The molecule has 80 valence electrons. The second-order valence-corrected chi connectivity index (χ2v) is 3.64. The molecule has 1 rings (SSSR count). The first kappa shape index (κ1) is 11.3. The van der Waals surface area contributed by atoms with Gasteiger partial charge in [0.2, 0.25) is 0 Å². The molecule has 0 amide bonds. The Hall–Kier alpha value is -1.77. The minimum Gasteiger partial charge on any atom is -0.507 e. The number of aromatic hydroxyl groups is 1. The van der Waals surface area contributed by atoms with Gasteiger partial charge in [0.05, 0.1) is 0 Å². The van der Waals surface area contributed by atoms with Crippen molar-refractivity contribution < 1.29 is 15.0 Å². The fraction of sp³-hybridized carbons (Fsp3) is 0.250. The van der Waals surface area contributed by atoms with Gasteiger partial charge in [0.15, 0.2) is 0 Å². The number of allylic oxidation sites excluding steroid dienone is 1. The lowest BCUT2D eigenvalue weighted by molar-refractivity contribution is -0.131. The molecular weight excluding hydrogens is 192 g/mol. The van der Waals surface area contributed by atoms with Gasteiger partial charge in [-0.25, -0.2) is 4.79 Å². The molecule has 1 aromatic rings. The highest BCUT2D eigenvalue weighted by Gasteiger charge is 2.08. The Morgan fingerprint density at radius 3 is 2.47 bits per heavy atom. The predicted molar refractivity (Wildman–Crippen MR) is 58.9 cm³/mol. The molecule has 15 heavy (non-hydrogen) atoms. The van der Waals surface area contributed by atoms with Gasteiger partial charge in [0, 0.05) is 11.6 Å². The zero-order chi connectivity index (χ0) is 11.6. The van der Waals surface area contributed by atoms with E-state index in [9.17, 15) is 9.90 Å². The van der Waals surface area contributed by atoms with Crippen LogP contribution in [0.25, 0.3) is 5.57 Å². The summed E-state index contributed by atoms with van der Waals surface area (Å²) in [7, 11) is 0. The lowest BCUT2D eigenvalue weighted by Crippen LogP contribution is -1.92. The van der Waals surface area contributed by atoms with Gasteiger partial charge in [-0.15, -0.1) is 0 Å². The number of carboxylic acids is 1. The summed E-state index contributed by atoms with van der Waals surface area (Å²) in [6.07, 6.45) is 1.09. The average Bonchev–Trinajstić information content (AvgIpc) is 2.09. The van der Waals surface area contributed by atoms with Gasteiger partial charge in [-0.3, -0.25) is 0 Å². The van der Waals surface area contributed by atoms with Crippen LogP contribution >= 0.6 is 0 Å². The van der Waals surface area contributed by atoms with Crippen molar-refractivity contribution >= 4 is 11.5 Å². The highest BCUT2D eigenvalue weighted by molar-refractivity contribution is 5.90. The molecule has 0 aliphatic carbocycles. The predicted octanol–water partition coefficient (Wildman–Crippen LogP) is 2.50. The van der Waals surface area contributed by atoms with Crippen LogP contribution in [0.4, 0.5) is 0 Å². The Labute approximate surface area is 88.7 Å². The average molecular weight is 206 g/mol. The van der Waals surface area contributed by atoms with Crippen LogP contribution in [0.2, 0.25) is 0 Å². The third-order valence-corrected chi connectivity index (χ3v) is 2.21. The number of carbonyl (C=O) groups is 1. The monoisotopic (exact) mass is 206 g/mol. The number of hydrogen-bond acceptors (Lipinski definition) is 2. The molecule has 0 aliphatic heterocycles. The zero-order valence-electron chi connectivity index (χ0n) is 9.03. The van der Waals surface area contributed by atoms with E-state index in [2.05, 4.69) is 0 Å². The molecular formula is C12H14O3. The van der Waals surface area contributed by atoms with E-state index in [1.54, 1.807) is 19.9 Å². The van der Waals surface area contributed by atoms with Crippen molar-refractivity contribution in [3.8, 4) is 5.75 Å². The Balaban J connectivity index is 3.31. The van der Waals surface area contributed by atoms with Crippen LogP contribution in [0.3, 0.4) is 0 Å². The lowest BCUT2D eigenvalue weighted by atomic mass is 10.00. The molecule has 1 aromatic carbocycles. The van der Waals surface area contributed by atoms with Crippen molar-refractivity contribution in [2.45, 2.75) is 20.8 Å². The van der Waals surface area contributed by atoms with E-state index in [1.807, 2.05) is 13.0 Å². The summed E-state index contributed by atoms with van der Waals surface area (Å²) in [5.74, 6) is -0.860. The fourth-order valence-electron chi connectivity index (χ4n) is 1.52. The highest BCUT2D eigenvalue weighted by Crippen LogP contribution is 2.29. The highest BCUT2D eigenvalue weighted by atomic mass is 16.4. The Morgan fingerprint density at radius 2 is 1.93 bits per heavy atom. The van der Waals surface area contributed by atoms with Crippen LogP contribution in [-0.2, 0) is 4.79 Å². The minimum atomic E-state index is -1.01. The summed E-state index contributed by atoms with van der Waals surface area (Å²) in [6, 6.07) is 3.63. The second kappa shape index (κ2) is 4.17. The van der Waals surface area contributed by atoms with Crippen LogP contribution in [0.15, 0.2) is 18.2 Å². The second-order valence-electron chi connectivity index (χ2n) is 3.64. The number of carboxylic acid groups (broad SMARTS) is 1. The smallest absolute Gasteiger partial charge is 0.328 e. The standard InChI is InChI=1S/C12H14O3/c1-7-4-9(3)12(15)10(5-7)8(2)6-11(13)14/h4-6,15H,1-3H3,(H,13,14)/b8-6+. The Bertz CT molecular complexity index is 431. The molecule has 0 aromatic heterocycles. The van der Waals surface area contributed by atoms with Crippen molar-refractivity contribution in [2.75, 3.05) is 0 Å². The van der Waals surface area contributed by atoms with E-state index in [1.165, 1.54) is 0 Å². The number of aliphatic carboxylic acids is 1. The van der Waals surface area contributed by atoms with E-state index in [0.29, 0.717) is 11.1 Å². The summed E-state index contributed by atoms with van der Waals surface area (Å²) < 4.78 is 0. The van der Waals surface area contributed by atoms with Gasteiger partial charge in [-0.2, -0.15) is 0 Å². The summed E-state index contributed by atoms with van der Waals surface area (Å²) in [6.45, 7) is 5.37. The van der Waals surface area contributed by atoms with E-state index in [-0.39, 0.29) is 5.75 Å². The molecule has 0 saturated heterocycles. The summed E-state index contributed by atoms with van der Waals surface area (Å²) >= 11 is 0. The molecule has 0 spiro atoms. The molecule has 0 unspecified atom stereocenters. The number of benzene rings is 1. The molecule has 2 N–H and O–H groups in total. The molecule has 0 heterocycles. The van der Waals surface area contributed by atoms with Crippen molar-refractivity contribution in [3.05, 3.63) is 34.9 Å². The first-order chi connectivity index (χ1) is 6.91. The number of rotatable bonds is 2. The van der Waals surface area contributed by atoms with Crippen LogP contribution in [0.1, 0.15) is 23.6 Å². The van der Waals surface area contributed by atoms with E-state index in [4.69, 9.17) is 5.11 Å². The first-order valence-electron chi connectivity index (χ1n) is 4.63. The topological polar surface area (TPSA) is 57.5 Å². The van der Waals surface area contributed by atoms with Gasteiger partial charge in [0.25, 0.3) is 0 Å². The minimum absolute atomic E-state index is 0.149. The van der Waals surface area contributed by atoms with E-state index >= 15 is 0 Å². The Morgan fingerprint density at radius 1 is 1.33 bits per heavy atom. The van der Waals surface area contributed by atoms with E-state index in [0.717, 1.165) is 17.2 Å². The number of phenols is 1. The summed E-state index contributed by atoms with van der Waals surface area (Å²) in [5.41, 5.74) is 2.88. The number of phenolic OH excluding ortho intramolecular Hbond substituents is 1. The fourth-order valence-corrected chi connectivity index (χ4v) is 1.52.